The summed E-state index contributed by atoms with van der Waals surface area (Å²) < 4.78 is 19.1. The zero-order valence-corrected chi connectivity index (χ0v) is 13.2. The van der Waals surface area contributed by atoms with Crippen LogP contribution in [0.2, 0.25) is 0 Å². The molecule has 1 amide bonds. The summed E-state index contributed by atoms with van der Waals surface area (Å²) in [6.45, 7) is 8.96. The van der Waals surface area contributed by atoms with Crippen LogP contribution in [0.4, 0.5) is 9.18 Å². The van der Waals surface area contributed by atoms with E-state index in [9.17, 15) is 19.1 Å². The third-order valence-corrected chi connectivity index (χ3v) is 4.51. The quantitative estimate of drug-likeness (QED) is 0.851. The topological polar surface area (TPSA) is 66.8 Å². The number of carbonyl (C=O) groups excluding carboxylic acids is 1. The highest BCUT2D eigenvalue weighted by atomic mass is 19.1. The van der Waals surface area contributed by atoms with Crippen LogP contribution in [0.15, 0.2) is 0 Å². The largest absolute Gasteiger partial charge is 0.481 e. The smallest absolute Gasteiger partial charge is 0.410 e. The lowest BCUT2D eigenvalue weighted by atomic mass is 10.0. The van der Waals surface area contributed by atoms with Gasteiger partial charge in [-0.05, 0) is 32.1 Å². The Labute approximate surface area is 124 Å². The van der Waals surface area contributed by atoms with Gasteiger partial charge in [0.05, 0.1) is 12.5 Å². The zero-order chi connectivity index (χ0) is 16.2. The lowest BCUT2D eigenvalue weighted by Crippen LogP contribution is -2.41. The second kappa shape index (κ2) is 4.85. The van der Waals surface area contributed by atoms with Crippen molar-refractivity contribution in [2.24, 2.45) is 17.3 Å². The van der Waals surface area contributed by atoms with E-state index in [1.54, 1.807) is 20.8 Å². The van der Waals surface area contributed by atoms with Crippen molar-refractivity contribution in [1.82, 2.24) is 4.90 Å². The van der Waals surface area contributed by atoms with Crippen molar-refractivity contribution < 1.29 is 23.8 Å². The Kier molecular flexibility index (Phi) is 3.71. The molecule has 0 radical (unpaired) electrons. The van der Waals surface area contributed by atoms with E-state index in [0.717, 1.165) is 0 Å². The first-order chi connectivity index (χ1) is 9.45. The van der Waals surface area contributed by atoms with Crippen LogP contribution in [-0.4, -0.2) is 46.4 Å². The first kappa shape index (κ1) is 16.0. The highest BCUT2D eigenvalue weighted by molar-refractivity contribution is 5.76. The highest BCUT2D eigenvalue weighted by Gasteiger charge is 2.67. The first-order valence-electron chi connectivity index (χ1n) is 7.31. The number of carboxylic acids is 1. The van der Waals surface area contributed by atoms with E-state index in [1.165, 1.54) is 4.90 Å². The molecular weight excluding hydrogens is 277 g/mol. The number of amides is 1. The van der Waals surface area contributed by atoms with Gasteiger partial charge in [0, 0.05) is 12.5 Å². The Bertz CT molecular complexity index is 457. The van der Waals surface area contributed by atoms with Crippen molar-refractivity contribution in [3.63, 3.8) is 0 Å². The van der Waals surface area contributed by atoms with E-state index < -0.39 is 41.2 Å². The van der Waals surface area contributed by atoms with E-state index in [2.05, 4.69) is 0 Å². The summed E-state index contributed by atoms with van der Waals surface area (Å²) in [5.74, 6) is -1.63. The third kappa shape index (κ3) is 2.99. The number of carbonyl (C=O) groups is 2. The molecule has 2 aliphatic rings. The van der Waals surface area contributed by atoms with E-state index in [0.29, 0.717) is 0 Å². The molecule has 0 aromatic carbocycles. The minimum absolute atomic E-state index is 0.0154. The molecule has 0 bridgehead atoms. The number of aliphatic carboxylic acids is 1. The molecule has 0 aromatic heterocycles. The Morgan fingerprint density at radius 2 is 1.90 bits per heavy atom. The van der Waals surface area contributed by atoms with Crippen LogP contribution in [0.25, 0.3) is 0 Å². The Balaban J connectivity index is 2.15. The van der Waals surface area contributed by atoms with Gasteiger partial charge < -0.3 is 14.7 Å². The van der Waals surface area contributed by atoms with Crippen LogP contribution >= 0.6 is 0 Å². The molecule has 1 N–H and O–H groups in total. The van der Waals surface area contributed by atoms with Gasteiger partial charge in [-0.1, -0.05) is 13.8 Å². The molecular formula is C15H24FNO4. The molecule has 5 nitrogen and oxygen atoms in total. The summed E-state index contributed by atoms with van der Waals surface area (Å²) in [5.41, 5.74) is -1.07. The van der Waals surface area contributed by atoms with Crippen LogP contribution in [-0.2, 0) is 9.53 Å². The van der Waals surface area contributed by atoms with Gasteiger partial charge in [-0.25, -0.2) is 9.18 Å². The van der Waals surface area contributed by atoms with Gasteiger partial charge in [-0.15, -0.1) is 0 Å². The number of nitrogens with zero attached hydrogens (tertiary/aromatic N) is 1. The van der Waals surface area contributed by atoms with Gasteiger partial charge in [0.15, 0.2) is 0 Å². The number of carboxylic acid groups (broad SMARTS) is 1. The molecule has 1 aliphatic carbocycles. The molecule has 1 saturated heterocycles. The average Bonchev–Trinajstić information content (AvgIpc) is 2.65. The minimum atomic E-state index is -1.12. The summed E-state index contributed by atoms with van der Waals surface area (Å²) in [6, 6.07) is -0.397. The number of likely N-dealkylation sites (tertiary alicyclic amines) is 1. The standard InChI is InChI=1S/C15H24FNO4/c1-14(2,3)21-13(20)17-7-8(16)6-9(17)10-11(12(18)19)15(10,4)5/h8-11H,6-7H2,1-5H3,(H,18,19)/t8-,9?,10-,11+/m0/s1. The van der Waals surface area contributed by atoms with Crippen LogP contribution in [0, 0.1) is 17.3 Å². The molecule has 2 fully saturated rings. The summed E-state index contributed by atoms with van der Waals surface area (Å²) in [4.78, 5) is 24.9. The number of alkyl halides is 1. The number of ether oxygens (including phenoxy) is 1. The van der Waals surface area contributed by atoms with Crippen LogP contribution < -0.4 is 0 Å². The third-order valence-electron chi connectivity index (χ3n) is 4.51. The second-order valence-electron chi connectivity index (χ2n) is 7.70. The monoisotopic (exact) mass is 301 g/mol. The van der Waals surface area contributed by atoms with Crippen molar-refractivity contribution in [2.75, 3.05) is 6.54 Å². The summed E-state index contributed by atoms with van der Waals surface area (Å²) in [5, 5.41) is 9.27. The first-order valence-corrected chi connectivity index (χ1v) is 7.31. The minimum Gasteiger partial charge on any atom is -0.481 e. The zero-order valence-electron chi connectivity index (χ0n) is 13.2. The fraction of sp³-hybridized carbons (Fsp3) is 0.867. The van der Waals surface area contributed by atoms with Crippen LogP contribution in [0.3, 0.4) is 0 Å². The van der Waals surface area contributed by atoms with Crippen molar-refractivity contribution in [1.29, 1.82) is 0 Å². The SMILES string of the molecule is CC(C)(C)OC(=O)N1C[C@@H](F)CC1[C@H]1[C@H](C(=O)O)C1(C)C. The second-order valence-corrected chi connectivity index (χ2v) is 7.70. The molecule has 1 unspecified atom stereocenters. The molecule has 4 atom stereocenters. The molecule has 0 spiro atoms. The van der Waals surface area contributed by atoms with E-state index in [4.69, 9.17) is 4.74 Å². The normalized spacial score (nSPS) is 34.7. The fourth-order valence-corrected chi connectivity index (χ4v) is 3.55. The molecule has 1 saturated carbocycles. The lowest BCUT2D eigenvalue weighted by molar-refractivity contribution is -0.139. The average molecular weight is 301 g/mol. The number of rotatable bonds is 2. The molecule has 2 rings (SSSR count). The summed E-state index contributed by atoms with van der Waals surface area (Å²) >= 11 is 0. The summed E-state index contributed by atoms with van der Waals surface area (Å²) in [7, 11) is 0. The molecule has 1 aliphatic heterocycles. The van der Waals surface area contributed by atoms with Crippen molar-refractivity contribution >= 4 is 12.1 Å². The number of halogens is 1. The Morgan fingerprint density at radius 3 is 2.33 bits per heavy atom. The van der Waals surface area contributed by atoms with Gasteiger partial charge in [0.2, 0.25) is 0 Å². The predicted molar refractivity (Wildman–Crippen MR) is 74.6 cm³/mol. The highest BCUT2D eigenvalue weighted by Crippen LogP contribution is 2.62. The van der Waals surface area contributed by atoms with Crippen LogP contribution in [0.5, 0.6) is 0 Å². The van der Waals surface area contributed by atoms with Crippen molar-refractivity contribution in [3.05, 3.63) is 0 Å². The van der Waals surface area contributed by atoms with E-state index in [1.807, 2.05) is 13.8 Å². The summed E-state index contributed by atoms with van der Waals surface area (Å²) in [6.07, 6.45) is -1.48. The maximum atomic E-state index is 13.8. The van der Waals surface area contributed by atoms with Gasteiger partial charge in [0.25, 0.3) is 0 Å². The lowest BCUT2D eigenvalue weighted by Gasteiger charge is -2.29. The Morgan fingerprint density at radius 1 is 1.33 bits per heavy atom. The molecule has 120 valence electrons. The number of hydrogen-bond donors (Lipinski definition) is 1. The molecule has 1 heterocycles. The maximum absolute atomic E-state index is 13.8. The molecule has 0 aromatic rings. The van der Waals surface area contributed by atoms with Gasteiger partial charge in [-0.3, -0.25) is 4.79 Å². The van der Waals surface area contributed by atoms with Gasteiger partial charge in [-0.2, -0.15) is 0 Å². The van der Waals surface area contributed by atoms with Gasteiger partial charge in [0.1, 0.15) is 11.8 Å². The number of hydrogen-bond acceptors (Lipinski definition) is 3. The Hall–Kier alpha value is -1.33. The van der Waals surface area contributed by atoms with E-state index >= 15 is 0 Å². The van der Waals surface area contributed by atoms with E-state index in [-0.39, 0.29) is 18.9 Å². The molecule has 6 heteroatoms. The maximum Gasteiger partial charge on any atom is 0.410 e. The fourth-order valence-electron chi connectivity index (χ4n) is 3.55. The van der Waals surface area contributed by atoms with Crippen molar-refractivity contribution in [2.45, 2.75) is 58.9 Å². The van der Waals surface area contributed by atoms with Gasteiger partial charge >= 0.3 is 12.1 Å². The molecule has 21 heavy (non-hydrogen) atoms. The van der Waals surface area contributed by atoms with Crippen molar-refractivity contribution in [3.8, 4) is 0 Å². The predicted octanol–water partition coefficient (Wildman–Crippen LogP) is 2.69. The van der Waals surface area contributed by atoms with Crippen LogP contribution in [0.1, 0.15) is 41.0 Å².